The van der Waals surface area contributed by atoms with Crippen LogP contribution in [0.3, 0.4) is 0 Å². The van der Waals surface area contributed by atoms with Gasteiger partial charge < -0.3 is 5.32 Å². The fourth-order valence-electron chi connectivity index (χ4n) is 3.07. The summed E-state index contributed by atoms with van der Waals surface area (Å²) in [5, 5.41) is 3.24. The number of anilines is 1. The van der Waals surface area contributed by atoms with Crippen LogP contribution in [-0.4, -0.2) is 23.1 Å². The first-order chi connectivity index (χ1) is 14.8. The van der Waals surface area contributed by atoms with Gasteiger partial charge in [0.25, 0.3) is 0 Å². The van der Waals surface area contributed by atoms with Crippen LogP contribution < -0.4 is 10.0 Å². The molecule has 0 saturated carbocycles. The average Bonchev–Trinajstić information content (AvgIpc) is 3.24. The van der Waals surface area contributed by atoms with E-state index in [2.05, 4.69) is 18.8 Å². The highest BCUT2D eigenvalue weighted by atomic mass is 35.5. The zero-order valence-corrected chi connectivity index (χ0v) is 18.6. The molecule has 0 spiro atoms. The Morgan fingerprint density at radius 1 is 1.03 bits per heavy atom. The van der Waals surface area contributed by atoms with E-state index in [1.165, 1.54) is 6.07 Å². The van der Waals surface area contributed by atoms with Gasteiger partial charge in [-0.25, -0.2) is 8.42 Å². The molecular formula is C21H17ClN4O3S2. The molecule has 0 unspecified atom stereocenters. The molecule has 0 saturated heterocycles. The summed E-state index contributed by atoms with van der Waals surface area (Å²) in [6, 6.07) is 17.3. The van der Waals surface area contributed by atoms with Crippen molar-refractivity contribution in [3.8, 4) is 0 Å². The van der Waals surface area contributed by atoms with Crippen LogP contribution in [0.2, 0.25) is 5.02 Å². The molecule has 0 fully saturated rings. The lowest BCUT2D eigenvalue weighted by atomic mass is 10.1. The van der Waals surface area contributed by atoms with Gasteiger partial charge in [-0.2, -0.15) is 13.5 Å². The topological polar surface area (TPSA) is 101 Å². The maximum atomic E-state index is 13.2. The molecule has 10 heteroatoms. The standard InChI is InChI=1S/C21H17ClN4O3S2/c1-13-10-11-15(22)12-17(13)23-21(27)19(14-6-3-2-4-7-14)26-31(28,29)18-9-5-8-16-20(18)25-30-24-16/h2-12,19,26H,1H3,(H,23,27)/t19-/m1/s1. The van der Waals surface area contributed by atoms with Gasteiger partial charge in [0.1, 0.15) is 22.0 Å². The van der Waals surface area contributed by atoms with E-state index in [0.29, 0.717) is 21.8 Å². The van der Waals surface area contributed by atoms with Crippen LogP contribution in [0.15, 0.2) is 71.6 Å². The number of sulfonamides is 1. The van der Waals surface area contributed by atoms with E-state index in [9.17, 15) is 13.2 Å². The van der Waals surface area contributed by atoms with Gasteiger partial charge in [0.05, 0.1) is 11.7 Å². The van der Waals surface area contributed by atoms with Crippen LogP contribution in [0.25, 0.3) is 11.0 Å². The van der Waals surface area contributed by atoms with Gasteiger partial charge in [0, 0.05) is 10.7 Å². The van der Waals surface area contributed by atoms with Crippen molar-refractivity contribution in [3.63, 3.8) is 0 Å². The minimum atomic E-state index is -4.09. The third-order valence-electron chi connectivity index (χ3n) is 4.66. The van der Waals surface area contributed by atoms with Gasteiger partial charge in [-0.05, 0) is 42.3 Å². The molecule has 2 N–H and O–H groups in total. The number of aromatic nitrogens is 2. The minimum Gasteiger partial charge on any atom is -0.324 e. The van der Waals surface area contributed by atoms with E-state index in [1.54, 1.807) is 60.7 Å². The van der Waals surface area contributed by atoms with E-state index < -0.39 is 22.0 Å². The van der Waals surface area contributed by atoms with Gasteiger partial charge in [-0.1, -0.05) is 54.1 Å². The number of hydrogen-bond donors (Lipinski definition) is 2. The zero-order chi connectivity index (χ0) is 22.0. The Bertz CT molecular complexity index is 1360. The second kappa shape index (κ2) is 8.72. The van der Waals surface area contributed by atoms with Gasteiger partial charge in [0.2, 0.25) is 15.9 Å². The van der Waals surface area contributed by atoms with Gasteiger partial charge in [-0.15, -0.1) is 0 Å². The summed E-state index contributed by atoms with van der Waals surface area (Å²) < 4.78 is 37.2. The third kappa shape index (κ3) is 4.59. The van der Waals surface area contributed by atoms with Crippen molar-refractivity contribution in [1.82, 2.24) is 13.5 Å². The Morgan fingerprint density at radius 2 is 1.81 bits per heavy atom. The molecular weight excluding hydrogens is 456 g/mol. The lowest BCUT2D eigenvalue weighted by Gasteiger charge is -2.20. The smallest absolute Gasteiger partial charge is 0.247 e. The first kappa shape index (κ1) is 21.4. The molecule has 0 aliphatic carbocycles. The zero-order valence-electron chi connectivity index (χ0n) is 16.2. The fraction of sp³-hybridized carbons (Fsp3) is 0.0952. The molecule has 1 atom stereocenters. The molecule has 1 amide bonds. The molecule has 1 aromatic heterocycles. The molecule has 1 heterocycles. The molecule has 31 heavy (non-hydrogen) atoms. The maximum Gasteiger partial charge on any atom is 0.247 e. The molecule has 0 aliphatic rings. The summed E-state index contributed by atoms with van der Waals surface area (Å²) >= 11 is 6.98. The number of benzene rings is 3. The van der Waals surface area contributed by atoms with Crippen molar-refractivity contribution in [2.45, 2.75) is 17.9 Å². The predicted molar refractivity (Wildman–Crippen MR) is 122 cm³/mol. The Morgan fingerprint density at radius 3 is 2.58 bits per heavy atom. The van der Waals surface area contributed by atoms with E-state index in [1.807, 2.05) is 6.92 Å². The number of nitrogens with zero attached hydrogens (tertiary/aromatic N) is 2. The monoisotopic (exact) mass is 472 g/mol. The van der Waals surface area contributed by atoms with Crippen LogP contribution in [0, 0.1) is 6.92 Å². The molecule has 3 aromatic carbocycles. The van der Waals surface area contributed by atoms with Gasteiger partial charge >= 0.3 is 0 Å². The number of amides is 1. The maximum absolute atomic E-state index is 13.2. The molecule has 0 aliphatic heterocycles. The van der Waals surface area contributed by atoms with E-state index in [0.717, 1.165) is 17.3 Å². The van der Waals surface area contributed by atoms with E-state index >= 15 is 0 Å². The van der Waals surface area contributed by atoms with Gasteiger partial charge in [-0.3, -0.25) is 4.79 Å². The quantitative estimate of drug-likeness (QED) is 0.435. The summed E-state index contributed by atoms with van der Waals surface area (Å²) in [5.74, 6) is -0.538. The highest BCUT2D eigenvalue weighted by Gasteiger charge is 2.29. The van der Waals surface area contributed by atoms with Gasteiger partial charge in [0.15, 0.2) is 0 Å². The number of carbonyl (C=O) groups excluding carboxylic acids is 1. The van der Waals surface area contributed by atoms with Crippen molar-refractivity contribution >= 4 is 56.0 Å². The Labute approximate surface area is 188 Å². The summed E-state index contributed by atoms with van der Waals surface area (Å²) in [4.78, 5) is 13.2. The third-order valence-corrected chi connectivity index (χ3v) is 6.90. The van der Waals surface area contributed by atoms with Crippen LogP contribution in [-0.2, 0) is 14.8 Å². The van der Waals surface area contributed by atoms with Crippen LogP contribution >= 0.6 is 23.3 Å². The molecule has 7 nitrogen and oxygen atoms in total. The first-order valence-electron chi connectivity index (χ1n) is 9.21. The SMILES string of the molecule is Cc1ccc(Cl)cc1NC(=O)[C@H](NS(=O)(=O)c1cccc2nsnc12)c1ccccc1. The number of rotatable bonds is 6. The van der Waals surface area contributed by atoms with Crippen molar-refractivity contribution in [2.24, 2.45) is 0 Å². The largest absolute Gasteiger partial charge is 0.324 e. The number of aryl methyl sites for hydroxylation is 1. The average molecular weight is 473 g/mol. The predicted octanol–water partition coefficient (Wildman–Crippen LogP) is 4.31. The lowest BCUT2D eigenvalue weighted by molar-refractivity contribution is -0.117. The Balaban J connectivity index is 1.71. The Kier molecular flexibility index (Phi) is 6.01. The fourth-order valence-corrected chi connectivity index (χ4v) is 5.19. The number of fused-ring (bicyclic) bond motifs is 1. The minimum absolute atomic E-state index is 0.0357. The highest BCUT2D eigenvalue weighted by molar-refractivity contribution is 7.89. The summed E-state index contributed by atoms with van der Waals surface area (Å²) in [6.45, 7) is 1.82. The van der Waals surface area contributed by atoms with Crippen molar-refractivity contribution < 1.29 is 13.2 Å². The summed E-state index contributed by atoms with van der Waals surface area (Å²) in [5.41, 5.74) is 2.53. The second-order valence-electron chi connectivity index (χ2n) is 6.80. The normalized spacial score (nSPS) is 12.6. The van der Waals surface area contributed by atoms with Crippen molar-refractivity contribution in [3.05, 3.63) is 82.9 Å². The first-order valence-corrected chi connectivity index (χ1v) is 11.8. The molecule has 0 radical (unpaired) electrons. The number of nitrogens with one attached hydrogen (secondary N) is 2. The van der Waals surface area contributed by atoms with E-state index in [-0.39, 0.29) is 10.4 Å². The summed E-state index contributed by atoms with van der Waals surface area (Å²) in [6.07, 6.45) is 0. The van der Waals surface area contributed by atoms with Crippen molar-refractivity contribution in [1.29, 1.82) is 0 Å². The summed E-state index contributed by atoms with van der Waals surface area (Å²) in [7, 11) is -4.09. The molecule has 158 valence electrons. The molecule has 4 aromatic rings. The molecule has 0 bridgehead atoms. The number of halogens is 1. The van der Waals surface area contributed by atoms with Crippen LogP contribution in [0.1, 0.15) is 17.2 Å². The van der Waals surface area contributed by atoms with E-state index in [4.69, 9.17) is 11.6 Å². The van der Waals surface area contributed by atoms with Crippen LogP contribution in [0.5, 0.6) is 0 Å². The Hall–Kier alpha value is -2.85. The van der Waals surface area contributed by atoms with Crippen molar-refractivity contribution in [2.75, 3.05) is 5.32 Å². The number of carbonyl (C=O) groups is 1. The molecule has 4 rings (SSSR count). The second-order valence-corrected chi connectivity index (χ2v) is 9.45. The van der Waals surface area contributed by atoms with Crippen LogP contribution in [0.4, 0.5) is 5.69 Å². The highest BCUT2D eigenvalue weighted by Crippen LogP contribution is 2.26. The lowest BCUT2D eigenvalue weighted by Crippen LogP contribution is -2.37. The number of hydrogen-bond acceptors (Lipinski definition) is 6.